The molecule has 0 unspecified atom stereocenters. The van der Waals surface area contributed by atoms with Gasteiger partial charge in [0, 0.05) is 22.3 Å². The summed E-state index contributed by atoms with van der Waals surface area (Å²) in [4.78, 5) is 9.87. The molecule has 0 radical (unpaired) electrons. The Bertz CT molecular complexity index is 1690. The largest absolute Gasteiger partial charge is 0.241 e. The molecule has 0 saturated carbocycles. The second kappa shape index (κ2) is 11.5. The van der Waals surface area contributed by atoms with E-state index in [4.69, 9.17) is 9.97 Å². The van der Waals surface area contributed by atoms with Crippen LogP contribution in [0.2, 0.25) is 0 Å². The maximum absolute atomic E-state index is 4.94. The standard InChI is InChI=1S/C36H32N2S2/c1-23-7-5-9-31-25(3)19-33(37-35(23)31)39-21-27-11-15-29(16-12-27)30-17-13-28(14-18-30)22-40-34-20-26(4)32-10-6-8-24(2)36(32)38-34/h5-20H,21-22H2,1-4H3. The molecular weight excluding hydrogens is 525 g/mol. The number of aryl methyl sites for hydroxylation is 4. The van der Waals surface area contributed by atoms with Gasteiger partial charge >= 0.3 is 0 Å². The van der Waals surface area contributed by atoms with Crippen LogP contribution in [-0.2, 0) is 11.5 Å². The summed E-state index contributed by atoms with van der Waals surface area (Å²) in [5, 5.41) is 4.66. The Morgan fingerprint density at radius 1 is 0.475 bits per heavy atom. The Balaban J connectivity index is 1.09. The molecule has 6 aromatic rings. The highest BCUT2D eigenvalue weighted by atomic mass is 32.2. The van der Waals surface area contributed by atoms with Crippen molar-refractivity contribution in [1.29, 1.82) is 0 Å². The zero-order chi connectivity index (χ0) is 27.6. The molecule has 0 saturated heterocycles. The molecule has 4 heteroatoms. The Hall–Kier alpha value is -3.60. The summed E-state index contributed by atoms with van der Waals surface area (Å²) >= 11 is 3.60. The van der Waals surface area contributed by atoms with Crippen LogP contribution >= 0.6 is 23.5 Å². The van der Waals surface area contributed by atoms with Gasteiger partial charge in [0.15, 0.2) is 0 Å². The Morgan fingerprint density at radius 2 is 0.875 bits per heavy atom. The van der Waals surface area contributed by atoms with Gasteiger partial charge in [0.2, 0.25) is 0 Å². The molecule has 198 valence electrons. The third kappa shape index (κ3) is 5.65. The fourth-order valence-electron chi connectivity index (χ4n) is 5.11. The highest BCUT2D eigenvalue weighted by Gasteiger charge is 2.08. The number of para-hydroxylation sites is 2. The summed E-state index contributed by atoms with van der Waals surface area (Å²) in [7, 11) is 0. The van der Waals surface area contributed by atoms with E-state index in [0.29, 0.717) is 0 Å². The molecule has 0 fully saturated rings. The van der Waals surface area contributed by atoms with Crippen LogP contribution in [0.5, 0.6) is 0 Å². The van der Waals surface area contributed by atoms with Gasteiger partial charge in [-0.25, -0.2) is 9.97 Å². The molecule has 0 bridgehead atoms. The second-order valence-electron chi connectivity index (χ2n) is 10.5. The van der Waals surface area contributed by atoms with Crippen molar-refractivity contribution in [1.82, 2.24) is 9.97 Å². The van der Waals surface area contributed by atoms with Crippen LogP contribution in [0.4, 0.5) is 0 Å². The molecule has 2 heterocycles. The molecular formula is C36H32N2S2. The lowest BCUT2D eigenvalue weighted by molar-refractivity contribution is 1.15. The Morgan fingerprint density at radius 3 is 1.27 bits per heavy atom. The number of rotatable bonds is 7. The minimum Gasteiger partial charge on any atom is -0.241 e. The SMILES string of the molecule is Cc1cc(SCc2ccc(-c3ccc(CSc4cc(C)c5cccc(C)c5n4)cc3)cc2)nc2c(C)cccc12. The number of nitrogens with zero attached hydrogens (tertiary/aromatic N) is 2. The quantitative estimate of drug-likeness (QED) is 0.183. The molecule has 6 rings (SSSR count). The van der Waals surface area contributed by atoms with Gasteiger partial charge in [-0.1, -0.05) is 84.9 Å². The number of thioether (sulfide) groups is 2. The van der Waals surface area contributed by atoms with E-state index in [0.717, 1.165) is 32.6 Å². The number of fused-ring (bicyclic) bond motifs is 2. The maximum atomic E-state index is 4.94. The van der Waals surface area contributed by atoms with Gasteiger partial charge in [-0.05, 0) is 84.3 Å². The van der Waals surface area contributed by atoms with Crippen molar-refractivity contribution in [2.24, 2.45) is 0 Å². The van der Waals surface area contributed by atoms with Crippen molar-refractivity contribution in [3.8, 4) is 11.1 Å². The highest BCUT2D eigenvalue weighted by Crippen LogP contribution is 2.30. The minimum absolute atomic E-state index is 0.905. The zero-order valence-corrected chi connectivity index (χ0v) is 25.0. The van der Waals surface area contributed by atoms with E-state index in [-0.39, 0.29) is 0 Å². The number of hydrogen-bond acceptors (Lipinski definition) is 4. The summed E-state index contributed by atoms with van der Waals surface area (Å²) in [6.07, 6.45) is 0. The van der Waals surface area contributed by atoms with Crippen molar-refractivity contribution in [3.63, 3.8) is 0 Å². The van der Waals surface area contributed by atoms with Gasteiger partial charge in [-0.15, -0.1) is 23.5 Å². The highest BCUT2D eigenvalue weighted by molar-refractivity contribution is 7.98. The smallest absolute Gasteiger partial charge is 0.0973 e. The fraction of sp³-hybridized carbons (Fsp3) is 0.167. The van der Waals surface area contributed by atoms with Crippen LogP contribution in [0.25, 0.3) is 32.9 Å². The van der Waals surface area contributed by atoms with Gasteiger partial charge in [0.05, 0.1) is 21.1 Å². The van der Waals surface area contributed by atoms with E-state index in [1.807, 2.05) is 0 Å². The van der Waals surface area contributed by atoms with E-state index in [2.05, 4.69) is 125 Å². The van der Waals surface area contributed by atoms with Gasteiger partial charge in [-0.3, -0.25) is 0 Å². The molecule has 0 spiro atoms. The van der Waals surface area contributed by atoms with E-state index in [9.17, 15) is 0 Å². The summed E-state index contributed by atoms with van der Waals surface area (Å²) in [6.45, 7) is 8.62. The van der Waals surface area contributed by atoms with Gasteiger partial charge in [0.25, 0.3) is 0 Å². The molecule has 40 heavy (non-hydrogen) atoms. The number of aromatic nitrogens is 2. The lowest BCUT2D eigenvalue weighted by atomic mass is 10.0. The van der Waals surface area contributed by atoms with Crippen molar-refractivity contribution < 1.29 is 0 Å². The topological polar surface area (TPSA) is 25.8 Å². The van der Waals surface area contributed by atoms with Crippen LogP contribution in [0.15, 0.2) is 107 Å². The van der Waals surface area contributed by atoms with Gasteiger partial charge < -0.3 is 0 Å². The lowest BCUT2D eigenvalue weighted by Gasteiger charge is -2.09. The van der Waals surface area contributed by atoms with E-state index in [1.54, 1.807) is 23.5 Å². The summed E-state index contributed by atoms with van der Waals surface area (Å²) < 4.78 is 0. The Labute approximate surface area is 245 Å². The molecule has 0 aliphatic rings. The first-order valence-corrected chi connectivity index (χ1v) is 15.6. The molecule has 2 aromatic heterocycles. The maximum Gasteiger partial charge on any atom is 0.0973 e. The molecule has 0 amide bonds. The monoisotopic (exact) mass is 556 g/mol. The Kier molecular flexibility index (Phi) is 7.64. The zero-order valence-electron chi connectivity index (χ0n) is 23.4. The van der Waals surface area contributed by atoms with Crippen LogP contribution in [-0.4, -0.2) is 9.97 Å². The van der Waals surface area contributed by atoms with E-state index in [1.165, 1.54) is 55.3 Å². The fourth-order valence-corrected chi connectivity index (χ4v) is 6.96. The van der Waals surface area contributed by atoms with E-state index >= 15 is 0 Å². The average molecular weight is 557 g/mol. The second-order valence-corrected chi connectivity index (χ2v) is 12.5. The summed E-state index contributed by atoms with van der Waals surface area (Å²) in [5.41, 5.74) is 12.3. The minimum atomic E-state index is 0.905. The van der Waals surface area contributed by atoms with Crippen molar-refractivity contribution in [2.45, 2.75) is 49.3 Å². The van der Waals surface area contributed by atoms with Gasteiger partial charge in [-0.2, -0.15) is 0 Å². The third-order valence-corrected chi connectivity index (χ3v) is 9.43. The normalized spacial score (nSPS) is 11.4. The van der Waals surface area contributed by atoms with Crippen LogP contribution in [0, 0.1) is 27.7 Å². The average Bonchev–Trinajstić information content (AvgIpc) is 2.97. The number of hydrogen-bond donors (Lipinski definition) is 0. The summed E-state index contributed by atoms with van der Waals surface area (Å²) in [6, 6.07) is 35.1. The molecule has 0 atom stereocenters. The van der Waals surface area contributed by atoms with Crippen LogP contribution in [0.1, 0.15) is 33.4 Å². The molecule has 0 N–H and O–H groups in total. The van der Waals surface area contributed by atoms with Crippen molar-refractivity contribution in [3.05, 3.63) is 130 Å². The van der Waals surface area contributed by atoms with Crippen LogP contribution < -0.4 is 0 Å². The van der Waals surface area contributed by atoms with Crippen molar-refractivity contribution >= 4 is 45.3 Å². The van der Waals surface area contributed by atoms with Crippen molar-refractivity contribution in [2.75, 3.05) is 0 Å². The van der Waals surface area contributed by atoms with Crippen LogP contribution in [0.3, 0.4) is 0 Å². The first-order chi connectivity index (χ1) is 19.4. The molecule has 2 nitrogen and oxygen atoms in total. The molecule has 0 aliphatic heterocycles. The first-order valence-electron chi connectivity index (χ1n) is 13.6. The lowest BCUT2D eigenvalue weighted by Crippen LogP contribution is -1.91. The number of pyridine rings is 2. The van der Waals surface area contributed by atoms with E-state index < -0.39 is 0 Å². The summed E-state index contributed by atoms with van der Waals surface area (Å²) in [5.74, 6) is 1.81. The molecule has 0 aliphatic carbocycles. The number of benzene rings is 4. The third-order valence-electron chi connectivity index (χ3n) is 7.46. The predicted molar refractivity (Wildman–Crippen MR) is 173 cm³/mol. The van der Waals surface area contributed by atoms with Gasteiger partial charge in [0.1, 0.15) is 0 Å². The molecule has 4 aromatic carbocycles. The predicted octanol–water partition coefficient (Wildman–Crippen LogP) is 10.3. The first kappa shape index (κ1) is 26.6.